The highest BCUT2D eigenvalue weighted by Gasteiger charge is 2.26. The van der Waals surface area contributed by atoms with E-state index >= 15 is 0 Å². The lowest BCUT2D eigenvalue weighted by molar-refractivity contribution is -0.137. The number of aliphatic carboxylic acids is 1. The molecule has 1 aliphatic heterocycles. The second-order valence-corrected chi connectivity index (χ2v) is 6.36. The topological polar surface area (TPSA) is 92.0 Å². The zero-order chi connectivity index (χ0) is 14.8. The first-order chi connectivity index (χ1) is 10.2. The van der Waals surface area contributed by atoms with E-state index in [9.17, 15) is 4.79 Å². The molecule has 1 atom stereocenters. The van der Waals surface area contributed by atoms with Crippen molar-refractivity contribution in [2.45, 2.75) is 6.04 Å². The third-order valence-corrected chi connectivity index (χ3v) is 5.05. The molecule has 0 aliphatic carbocycles. The molecule has 1 aromatic carbocycles. The molecule has 0 spiro atoms. The van der Waals surface area contributed by atoms with Crippen LogP contribution >= 0.6 is 23.1 Å². The molecule has 0 bridgehead atoms. The summed E-state index contributed by atoms with van der Waals surface area (Å²) in [6.45, 7) is 0.218. The fourth-order valence-corrected chi connectivity index (χ4v) is 3.96. The normalized spacial score (nSPS) is 18.0. The van der Waals surface area contributed by atoms with E-state index in [1.165, 1.54) is 23.1 Å². The minimum atomic E-state index is -0.904. The second-order valence-electron chi connectivity index (χ2n) is 4.32. The van der Waals surface area contributed by atoms with Gasteiger partial charge in [0.2, 0.25) is 0 Å². The summed E-state index contributed by atoms with van der Waals surface area (Å²) >= 11 is 2.88. The number of carbonyl (C=O) groups is 1. The molecule has 2 N–H and O–H groups in total. The SMILES string of the molecule is O=C(O)C1CSC(c2nc3ccc(OCCO)cc3s2)=N1. The number of rotatable bonds is 5. The van der Waals surface area contributed by atoms with Gasteiger partial charge in [-0.15, -0.1) is 23.1 Å². The van der Waals surface area contributed by atoms with Gasteiger partial charge in [0, 0.05) is 5.75 Å². The Morgan fingerprint density at radius 2 is 2.33 bits per heavy atom. The van der Waals surface area contributed by atoms with Crippen molar-refractivity contribution in [2.75, 3.05) is 19.0 Å². The van der Waals surface area contributed by atoms with Crippen molar-refractivity contribution in [3.05, 3.63) is 23.2 Å². The smallest absolute Gasteiger partial charge is 0.329 e. The molecule has 2 heterocycles. The van der Waals surface area contributed by atoms with Gasteiger partial charge in [-0.2, -0.15) is 0 Å². The number of hydrogen-bond donors (Lipinski definition) is 2. The number of nitrogens with zero attached hydrogens (tertiary/aromatic N) is 2. The van der Waals surface area contributed by atoms with Gasteiger partial charge in [0.05, 0.1) is 16.8 Å². The van der Waals surface area contributed by atoms with Gasteiger partial charge in [-0.05, 0) is 18.2 Å². The number of thiazole rings is 1. The van der Waals surface area contributed by atoms with Crippen LogP contribution in [0.1, 0.15) is 5.01 Å². The van der Waals surface area contributed by atoms with Gasteiger partial charge >= 0.3 is 5.97 Å². The van der Waals surface area contributed by atoms with E-state index in [0.29, 0.717) is 16.5 Å². The fraction of sp³-hybridized carbons (Fsp3) is 0.308. The number of carboxylic acids is 1. The van der Waals surface area contributed by atoms with Crippen molar-refractivity contribution < 1.29 is 19.7 Å². The maximum absolute atomic E-state index is 10.9. The van der Waals surface area contributed by atoms with E-state index in [2.05, 4.69) is 9.98 Å². The molecule has 110 valence electrons. The standard InChI is InChI=1S/C13H12N2O4S2/c16-3-4-19-7-1-2-8-10(5-7)21-12(14-8)11-15-9(6-20-11)13(17)18/h1-2,5,9,16H,3-4,6H2,(H,17,18). The lowest BCUT2D eigenvalue weighted by atomic mass is 10.3. The highest BCUT2D eigenvalue weighted by Crippen LogP contribution is 2.31. The molecule has 0 amide bonds. The zero-order valence-corrected chi connectivity index (χ0v) is 12.5. The van der Waals surface area contributed by atoms with Crippen molar-refractivity contribution in [1.29, 1.82) is 0 Å². The van der Waals surface area contributed by atoms with E-state index in [1.807, 2.05) is 12.1 Å². The van der Waals surface area contributed by atoms with Crippen LogP contribution in [0.3, 0.4) is 0 Å². The average molecular weight is 324 g/mol. The molecular formula is C13H12N2O4S2. The van der Waals surface area contributed by atoms with Crippen LogP contribution in [0.25, 0.3) is 10.2 Å². The van der Waals surface area contributed by atoms with Crippen molar-refractivity contribution >= 4 is 44.3 Å². The van der Waals surface area contributed by atoms with Crippen LogP contribution in [-0.2, 0) is 4.79 Å². The minimum absolute atomic E-state index is 0.0317. The molecule has 0 saturated heterocycles. The number of aliphatic imine (C=N–C) groups is 1. The number of hydrogen-bond acceptors (Lipinski definition) is 7. The van der Waals surface area contributed by atoms with Crippen LogP contribution < -0.4 is 4.74 Å². The van der Waals surface area contributed by atoms with Crippen molar-refractivity contribution in [2.24, 2.45) is 4.99 Å². The first-order valence-electron chi connectivity index (χ1n) is 6.25. The Morgan fingerprint density at radius 3 is 3.05 bits per heavy atom. The second kappa shape index (κ2) is 6.00. The van der Waals surface area contributed by atoms with E-state index in [0.717, 1.165) is 15.2 Å². The Morgan fingerprint density at radius 1 is 1.48 bits per heavy atom. The third-order valence-electron chi connectivity index (χ3n) is 2.84. The number of fused-ring (bicyclic) bond motifs is 1. The Labute approximate surface area is 128 Å². The van der Waals surface area contributed by atoms with Crippen molar-refractivity contribution in [3.8, 4) is 5.75 Å². The summed E-state index contributed by atoms with van der Waals surface area (Å²) in [5.41, 5.74) is 0.827. The Balaban J connectivity index is 1.87. The molecular weight excluding hydrogens is 312 g/mol. The first-order valence-corrected chi connectivity index (χ1v) is 8.05. The van der Waals surface area contributed by atoms with Crippen LogP contribution in [0.5, 0.6) is 5.75 Å². The summed E-state index contributed by atoms with van der Waals surface area (Å²) in [6.07, 6.45) is 0. The molecule has 3 rings (SSSR count). The molecule has 21 heavy (non-hydrogen) atoms. The number of aliphatic hydroxyl groups excluding tert-OH is 1. The predicted molar refractivity (Wildman–Crippen MR) is 82.6 cm³/mol. The van der Waals surface area contributed by atoms with Gasteiger partial charge in [-0.25, -0.2) is 9.78 Å². The highest BCUT2D eigenvalue weighted by molar-refractivity contribution is 8.15. The predicted octanol–water partition coefficient (Wildman–Crippen LogP) is 1.61. The third kappa shape index (κ3) is 3.02. The molecule has 1 unspecified atom stereocenters. The summed E-state index contributed by atoms with van der Waals surface area (Å²) in [7, 11) is 0. The van der Waals surface area contributed by atoms with E-state index in [4.69, 9.17) is 14.9 Å². The molecule has 2 aromatic rings. The number of benzene rings is 1. The van der Waals surface area contributed by atoms with Crippen molar-refractivity contribution in [3.63, 3.8) is 0 Å². The fourth-order valence-electron chi connectivity index (χ4n) is 1.87. The summed E-state index contributed by atoms with van der Waals surface area (Å²) in [5, 5.41) is 19.1. The first kappa shape index (κ1) is 14.3. The largest absolute Gasteiger partial charge is 0.491 e. The Hall–Kier alpha value is -1.64. The molecule has 0 saturated carbocycles. The van der Waals surface area contributed by atoms with E-state index in [-0.39, 0.29) is 13.2 Å². The quantitative estimate of drug-likeness (QED) is 0.868. The van der Waals surface area contributed by atoms with Crippen LogP contribution in [0.2, 0.25) is 0 Å². The molecule has 0 fully saturated rings. The van der Waals surface area contributed by atoms with Gasteiger partial charge in [-0.1, -0.05) is 0 Å². The monoisotopic (exact) mass is 324 g/mol. The van der Waals surface area contributed by atoms with Crippen LogP contribution in [-0.4, -0.2) is 51.2 Å². The van der Waals surface area contributed by atoms with Gasteiger partial charge in [0.1, 0.15) is 22.4 Å². The van der Waals surface area contributed by atoms with Crippen LogP contribution in [0.15, 0.2) is 23.2 Å². The molecule has 1 aliphatic rings. The van der Waals surface area contributed by atoms with Crippen molar-refractivity contribution in [1.82, 2.24) is 4.98 Å². The Kier molecular flexibility index (Phi) is 4.09. The molecule has 0 radical (unpaired) electrons. The number of thioether (sulfide) groups is 1. The maximum Gasteiger partial charge on any atom is 0.329 e. The lowest BCUT2D eigenvalue weighted by Gasteiger charge is -2.02. The van der Waals surface area contributed by atoms with Gasteiger partial charge in [0.15, 0.2) is 6.04 Å². The number of ether oxygens (including phenoxy) is 1. The number of carboxylic acid groups (broad SMARTS) is 1. The average Bonchev–Trinajstić information content (AvgIpc) is 3.10. The highest BCUT2D eigenvalue weighted by atomic mass is 32.2. The van der Waals surface area contributed by atoms with Gasteiger partial charge in [-0.3, -0.25) is 4.99 Å². The van der Waals surface area contributed by atoms with E-state index in [1.54, 1.807) is 6.07 Å². The van der Waals surface area contributed by atoms with Crippen LogP contribution in [0.4, 0.5) is 0 Å². The Bertz CT molecular complexity index is 713. The summed E-state index contributed by atoms with van der Waals surface area (Å²) in [5.74, 6) is 0.223. The summed E-state index contributed by atoms with van der Waals surface area (Å²) in [4.78, 5) is 19.6. The number of aromatic nitrogens is 1. The zero-order valence-electron chi connectivity index (χ0n) is 10.9. The summed E-state index contributed by atoms with van der Waals surface area (Å²) in [6, 6.07) is 4.82. The number of aliphatic hydroxyl groups is 1. The van der Waals surface area contributed by atoms with E-state index < -0.39 is 12.0 Å². The molecule has 1 aromatic heterocycles. The molecule has 8 heteroatoms. The van der Waals surface area contributed by atoms with Crippen LogP contribution in [0, 0.1) is 0 Å². The van der Waals surface area contributed by atoms with Gasteiger partial charge < -0.3 is 14.9 Å². The maximum atomic E-state index is 10.9. The van der Waals surface area contributed by atoms with Gasteiger partial charge in [0.25, 0.3) is 0 Å². The minimum Gasteiger partial charge on any atom is -0.491 e. The molecule has 6 nitrogen and oxygen atoms in total. The summed E-state index contributed by atoms with van der Waals surface area (Å²) < 4.78 is 6.31. The lowest BCUT2D eigenvalue weighted by Crippen LogP contribution is -2.17.